The van der Waals surface area contributed by atoms with E-state index in [9.17, 15) is 4.79 Å². The zero-order valence-corrected chi connectivity index (χ0v) is 10.00. The summed E-state index contributed by atoms with van der Waals surface area (Å²) in [5.41, 5.74) is 4.73. The van der Waals surface area contributed by atoms with Crippen molar-refractivity contribution in [3.05, 3.63) is 59.9 Å². The first kappa shape index (κ1) is 10.7. The van der Waals surface area contributed by atoms with Crippen LogP contribution in [-0.2, 0) is 0 Å². The van der Waals surface area contributed by atoms with Crippen LogP contribution in [0.3, 0.4) is 0 Å². The summed E-state index contributed by atoms with van der Waals surface area (Å²) < 4.78 is 1.88. The van der Waals surface area contributed by atoms with Crippen molar-refractivity contribution in [1.29, 1.82) is 0 Å². The second-order valence-corrected chi connectivity index (χ2v) is 4.29. The molecule has 0 saturated carbocycles. The third kappa shape index (κ3) is 1.70. The van der Waals surface area contributed by atoms with Crippen molar-refractivity contribution in [1.82, 2.24) is 9.38 Å². The fourth-order valence-electron chi connectivity index (χ4n) is 2.07. The lowest BCUT2D eigenvalue weighted by Crippen LogP contribution is -1.86. The maximum absolute atomic E-state index is 10.7. The third-order valence-corrected chi connectivity index (χ3v) is 3.03. The average Bonchev–Trinajstić information content (AvgIpc) is 2.81. The van der Waals surface area contributed by atoms with Crippen molar-refractivity contribution in [3.63, 3.8) is 0 Å². The topological polar surface area (TPSA) is 34.4 Å². The molecule has 0 aliphatic heterocycles. The summed E-state index contributed by atoms with van der Waals surface area (Å²) in [6.07, 6.45) is 4.58. The van der Waals surface area contributed by atoms with Gasteiger partial charge in [0.2, 0.25) is 0 Å². The van der Waals surface area contributed by atoms with E-state index >= 15 is 0 Å². The van der Waals surface area contributed by atoms with Gasteiger partial charge in [0.05, 0.1) is 5.69 Å². The highest BCUT2D eigenvalue weighted by Crippen LogP contribution is 2.22. The van der Waals surface area contributed by atoms with Crippen LogP contribution in [0.25, 0.3) is 16.9 Å². The quantitative estimate of drug-likeness (QED) is 0.641. The number of imidazole rings is 1. The van der Waals surface area contributed by atoms with Gasteiger partial charge < -0.3 is 4.40 Å². The Labute approximate surface area is 105 Å². The molecule has 18 heavy (non-hydrogen) atoms. The van der Waals surface area contributed by atoms with Gasteiger partial charge >= 0.3 is 0 Å². The van der Waals surface area contributed by atoms with E-state index in [4.69, 9.17) is 0 Å². The molecular weight excluding hydrogens is 224 g/mol. The summed E-state index contributed by atoms with van der Waals surface area (Å²) in [4.78, 5) is 15.3. The summed E-state index contributed by atoms with van der Waals surface area (Å²) >= 11 is 0. The third-order valence-electron chi connectivity index (χ3n) is 3.03. The standard InChI is InChI=1S/C15H12N2O/c1-11-4-2-3-5-13(11)14-9-17-8-12(10-18)6-7-15(17)16-14/h2-10H,1H3. The Kier molecular flexibility index (Phi) is 2.45. The fraction of sp³-hybridized carbons (Fsp3) is 0.0667. The number of carbonyl (C=O) groups excluding carboxylic acids is 1. The van der Waals surface area contributed by atoms with Gasteiger partial charge in [0.15, 0.2) is 6.29 Å². The number of rotatable bonds is 2. The van der Waals surface area contributed by atoms with Crippen molar-refractivity contribution < 1.29 is 4.79 Å². The minimum atomic E-state index is 0.649. The maximum atomic E-state index is 10.7. The smallest absolute Gasteiger partial charge is 0.151 e. The van der Waals surface area contributed by atoms with Crippen molar-refractivity contribution in [2.45, 2.75) is 6.92 Å². The van der Waals surface area contributed by atoms with E-state index in [0.29, 0.717) is 5.56 Å². The molecule has 0 bridgehead atoms. The molecule has 3 rings (SSSR count). The predicted molar refractivity (Wildman–Crippen MR) is 70.8 cm³/mol. The summed E-state index contributed by atoms with van der Waals surface area (Å²) in [6.45, 7) is 2.07. The molecule has 88 valence electrons. The van der Waals surface area contributed by atoms with Crippen LogP contribution in [0, 0.1) is 6.92 Å². The van der Waals surface area contributed by atoms with E-state index in [1.807, 2.05) is 28.8 Å². The van der Waals surface area contributed by atoms with Gasteiger partial charge in [-0.1, -0.05) is 24.3 Å². The highest BCUT2D eigenvalue weighted by atomic mass is 16.1. The van der Waals surface area contributed by atoms with Crippen LogP contribution in [0.15, 0.2) is 48.8 Å². The molecule has 0 aliphatic carbocycles. The normalized spacial score (nSPS) is 10.7. The van der Waals surface area contributed by atoms with Crippen LogP contribution in [0.5, 0.6) is 0 Å². The van der Waals surface area contributed by atoms with Crippen LogP contribution in [0.2, 0.25) is 0 Å². The Bertz CT molecular complexity index is 728. The number of fused-ring (bicyclic) bond motifs is 1. The molecule has 0 saturated heterocycles. The first-order valence-corrected chi connectivity index (χ1v) is 5.78. The van der Waals surface area contributed by atoms with E-state index in [1.165, 1.54) is 5.56 Å². The molecule has 2 heterocycles. The van der Waals surface area contributed by atoms with E-state index in [-0.39, 0.29) is 0 Å². The second-order valence-electron chi connectivity index (χ2n) is 4.29. The molecule has 0 fully saturated rings. The monoisotopic (exact) mass is 236 g/mol. The molecule has 0 radical (unpaired) electrons. The summed E-state index contributed by atoms with van der Waals surface area (Å²) in [5, 5.41) is 0. The molecule has 1 aromatic carbocycles. The Balaban J connectivity index is 2.19. The number of hydrogen-bond acceptors (Lipinski definition) is 2. The number of aryl methyl sites for hydroxylation is 1. The zero-order chi connectivity index (χ0) is 12.5. The SMILES string of the molecule is Cc1ccccc1-c1cn2cc(C=O)ccc2n1. The van der Waals surface area contributed by atoms with Crippen LogP contribution in [0.4, 0.5) is 0 Å². The molecular formula is C15H12N2O. The molecule has 3 nitrogen and oxygen atoms in total. The lowest BCUT2D eigenvalue weighted by molar-refractivity contribution is 0.112. The van der Waals surface area contributed by atoms with Gasteiger partial charge in [0.25, 0.3) is 0 Å². The van der Waals surface area contributed by atoms with Crippen LogP contribution in [0.1, 0.15) is 15.9 Å². The lowest BCUT2D eigenvalue weighted by atomic mass is 10.1. The van der Waals surface area contributed by atoms with E-state index in [2.05, 4.69) is 24.0 Å². The highest BCUT2D eigenvalue weighted by molar-refractivity contribution is 5.75. The van der Waals surface area contributed by atoms with Crippen LogP contribution < -0.4 is 0 Å². The Morgan fingerprint density at radius 3 is 2.72 bits per heavy atom. The van der Waals surface area contributed by atoms with Gasteiger partial charge in [-0.05, 0) is 24.6 Å². The number of pyridine rings is 1. The van der Waals surface area contributed by atoms with Gasteiger partial charge in [0, 0.05) is 23.5 Å². The van der Waals surface area contributed by atoms with Crippen molar-refractivity contribution in [3.8, 4) is 11.3 Å². The molecule has 0 atom stereocenters. The summed E-state index contributed by atoms with van der Waals surface area (Å²) in [6, 6.07) is 11.8. The number of hydrogen-bond donors (Lipinski definition) is 0. The highest BCUT2D eigenvalue weighted by Gasteiger charge is 2.06. The summed E-state index contributed by atoms with van der Waals surface area (Å²) in [7, 11) is 0. The number of aromatic nitrogens is 2. The average molecular weight is 236 g/mol. The fourth-order valence-corrected chi connectivity index (χ4v) is 2.07. The Morgan fingerprint density at radius 1 is 1.11 bits per heavy atom. The largest absolute Gasteiger partial charge is 0.306 e. The lowest BCUT2D eigenvalue weighted by Gasteiger charge is -1.99. The van der Waals surface area contributed by atoms with Crippen LogP contribution >= 0.6 is 0 Å². The van der Waals surface area contributed by atoms with Gasteiger partial charge in [-0.15, -0.1) is 0 Å². The van der Waals surface area contributed by atoms with Crippen molar-refractivity contribution in [2.75, 3.05) is 0 Å². The molecule has 3 heteroatoms. The Morgan fingerprint density at radius 2 is 1.94 bits per heavy atom. The number of carbonyl (C=O) groups is 1. The van der Waals surface area contributed by atoms with E-state index < -0.39 is 0 Å². The van der Waals surface area contributed by atoms with Gasteiger partial charge in [0.1, 0.15) is 5.65 Å². The second kappa shape index (κ2) is 4.11. The molecule has 3 aromatic rings. The van der Waals surface area contributed by atoms with Crippen LogP contribution in [-0.4, -0.2) is 15.7 Å². The molecule has 0 aliphatic rings. The molecule has 0 amide bonds. The minimum absolute atomic E-state index is 0.649. The molecule has 2 aromatic heterocycles. The molecule has 0 N–H and O–H groups in total. The van der Waals surface area contributed by atoms with Gasteiger partial charge in [-0.2, -0.15) is 0 Å². The number of benzene rings is 1. The van der Waals surface area contributed by atoms with Crippen molar-refractivity contribution >= 4 is 11.9 Å². The maximum Gasteiger partial charge on any atom is 0.151 e. The van der Waals surface area contributed by atoms with E-state index in [0.717, 1.165) is 23.2 Å². The first-order chi connectivity index (χ1) is 8.78. The molecule has 0 spiro atoms. The Hall–Kier alpha value is -2.42. The first-order valence-electron chi connectivity index (χ1n) is 5.78. The van der Waals surface area contributed by atoms with Gasteiger partial charge in [-0.25, -0.2) is 4.98 Å². The minimum Gasteiger partial charge on any atom is -0.306 e. The predicted octanol–water partition coefficient (Wildman–Crippen LogP) is 3.12. The molecule has 0 unspecified atom stereocenters. The number of nitrogens with zero attached hydrogens (tertiary/aromatic N) is 2. The van der Waals surface area contributed by atoms with Gasteiger partial charge in [-0.3, -0.25) is 4.79 Å². The van der Waals surface area contributed by atoms with E-state index in [1.54, 1.807) is 12.3 Å². The summed E-state index contributed by atoms with van der Waals surface area (Å²) in [5.74, 6) is 0. The zero-order valence-electron chi connectivity index (χ0n) is 10.00. The van der Waals surface area contributed by atoms with Crippen molar-refractivity contribution in [2.24, 2.45) is 0 Å². The number of aldehydes is 1.